The molecule has 1 saturated heterocycles. The van der Waals surface area contributed by atoms with E-state index in [9.17, 15) is 13.6 Å². The first-order chi connectivity index (χ1) is 12.1. The second-order valence-corrected chi connectivity index (χ2v) is 6.43. The van der Waals surface area contributed by atoms with Gasteiger partial charge in [-0.25, -0.2) is 8.78 Å². The van der Waals surface area contributed by atoms with E-state index in [1.165, 1.54) is 12.1 Å². The van der Waals surface area contributed by atoms with E-state index in [1.54, 1.807) is 42.3 Å². The summed E-state index contributed by atoms with van der Waals surface area (Å²) < 4.78 is 28.5. The number of rotatable bonds is 2. The third-order valence-electron chi connectivity index (χ3n) is 4.70. The van der Waals surface area contributed by atoms with Crippen molar-refractivity contribution in [2.75, 3.05) is 20.1 Å². The third-order valence-corrected chi connectivity index (χ3v) is 4.70. The van der Waals surface area contributed by atoms with Crippen LogP contribution in [0.2, 0.25) is 0 Å². The van der Waals surface area contributed by atoms with E-state index in [2.05, 4.69) is 5.32 Å². The van der Waals surface area contributed by atoms with Crippen LogP contribution in [0.5, 0.6) is 0 Å². The maximum Gasteiger partial charge on any atom is 0.222 e. The van der Waals surface area contributed by atoms with E-state index in [0.717, 1.165) is 0 Å². The van der Waals surface area contributed by atoms with Crippen LogP contribution in [0.15, 0.2) is 42.5 Å². The molecule has 1 heterocycles. The summed E-state index contributed by atoms with van der Waals surface area (Å²) in [6.07, 6.45) is 1.81. The van der Waals surface area contributed by atoms with E-state index < -0.39 is 0 Å². The molecule has 3 rings (SSSR count). The quantitative estimate of drug-likeness (QED) is 0.896. The molecule has 0 aliphatic carbocycles. The van der Waals surface area contributed by atoms with Gasteiger partial charge in [-0.15, -0.1) is 0 Å². The minimum atomic E-state index is -0.324. The van der Waals surface area contributed by atoms with E-state index in [0.29, 0.717) is 49.0 Å². The Morgan fingerprint density at radius 1 is 1.12 bits per heavy atom. The van der Waals surface area contributed by atoms with Crippen molar-refractivity contribution in [1.29, 1.82) is 0 Å². The Labute approximate surface area is 146 Å². The average Bonchev–Trinajstić information content (AvgIpc) is 2.68. The Morgan fingerprint density at radius 2 is 1.92 bits per heavy atom. The number of likely N-dealkylation sites (N-methyl/N-ethyl adjacent to an activating group) is 1. The number of benzene rings is 2. The van der Waals surface area contributed by atoms with Gasteiger partial charge in [-0.2, -0.15) is 0 Å². The van der Waals surface area contributed by atoms with Crippen LogP contribution in [0.25, 0.3) is 11.1 Å². The monoisotopic (exact) mass is 344 g/mol. The minimum absolute atomic E-state index is 0.114. The molecule has 5 heteroatoms. The third kappa shape index (κ3) is 4.04. The summed E-state index contributed by atoms with van der Waals surface area (Å²) in [5.74, 6) is -0.519. The summed E-state index contributed by atoms with van der Waals surface area (Å²) in [5, 5.41) is 3.34. The lowest BCUT2D eigenvalue weighted by molar-refractivity contribution is -0.129. The Kier molecular flexibility index (Phi) is 5.43. The lowest BCUT2D eigenvalue weighted by Crippen LogP contribution is -2.33. The predicted molar refractivity (Wildman–Crippen MR) is 94.0 cm³/mol. The molecule has 1 aliphatic rings. The van der Waals surface area contributed by atoms with Crippen LogP contribution in [0.1, 0.15) is 30.9 Å². The zero-order valence-corrected chi connectivity index (χ0v) is 14.3. The molecule has 1 fully saturated rings. The number of carbonyl (C=O) groups excluding carboxylic acids is 1. The molecule has 0 bridgehead atoms. The fourth-order valence-corrected chi connectivity index (χ4v) is 3.22. The lowest BCUT2D eigenvalue weighted by Gasteiger charge is -2.20. The largest absolute Gasteiger partial charge is 0.344 e. The number of amides is 1. The number of nitrogens with one attached hydrogen (secondary N) is 1. The number of halogens is 2. The van der Waals surface area contributed by atoms with E-state index in [-0.39, 0.29) is 23.6 Å². The van der Waals surface area contributed by atoms with Crippen LogP contribution in [-0.2, 0) is 4.79 Å². The second kappa shape index (κ2) is 7.74. The number of hydrogen-bond acceptors (Lipinski definition) is 2. The van der Waals surface area contributed by atoms with E-state index in [1.807, 2.05) is 0 Å². The molecule has 0 spiro atoms. The van der Waals surface area contributed by atoms with Crippen molar-refractivity contribution in [3.8, 4) is 11.1 Å². The van der Waals surface area contributed by atoms with Gasteiger partial charge in [0.25, 0.3) is 0 Å². The minimum Gasteiger partial charge on any atom is -0.344 e. The van der Waals surface area contributed by atoms with Gasteiger partial charge >= 0.3 is 0 Å². The molecule has 0 aromatic heterocycles. The summed E-state index contributed by atoms with van der Waals surface area (Å²) in [6, 6.07) is 11.0. The van der Waals surface area contributed by atoms with Gasteiger partial charge < -0.3 is 10.2 Å². The van der Waals surface area contributed by atoms with Crippen LogP contribution in [0.4, 0.5) is 8.78 Å². The van der Waals surface area contributed by atoms with Crippen LogP contribution < -0.4 is 5.32 Å². The van der Waals surface area contributed by atoms with E-state index in [4.69, 9.17) is 0 Å². The molecule has 0 saturated carbocycles. The van der Waals surface area contributed by atoms with Crippen LogP contribution in [-0.4, -0.2) is 30.9 Å². The first-order valence-corrected chi connectivity index (χ1v) is 8.58. The highest BCUT2D eigenvalue weighted by atomic mass is 19.1. The van der Waals surface area contributed by atoms with Gasteiger partial charge in [0, 0.05) is 43.7 Å². The molecule has 2 aromatic rings. The van der Waals surface area contributed by atoms with Gasteiger partial charge in [-0.05, 0) is 36.6 Å². The molecule has 132 valence electrons. The van der Waals surface area contributed by atoms with E-state index >= 15 is 0 Å². The Balaban J connectivity index is 1.89. The highest BCUT2D eigenvalue weighted by molar-refractivity contribution is 5.75. The zero-order chi connectivity index (χ0) is 17.8. The van der Waals surface area contributed by atoms with Gasteiger partial charge in [0.15, 0.2) is 0 Å². The second-order valence-electron chi connectivity index (χ2n) is 6.43. The van der Waals surface area contributed by atoms with Crippen LogP contribution in [0.3, 0.4) is 0 Å². The molecule has 0 radical (unpaired) electrons. The lowest BCUT2D eigenvalue weighted by atomic mass is 9.95. The molecule has 1 aliphatic heterocycles. The van der Waals surface area contributed by atoms with Crippen molar-refractivity contribution >= 4 is 5.91 Å². The number of hydrogen-bond donors (Lipinski definition) is 1. The van der Waals surface area contributed by atoms with Crippen molar-refractivity contribution in [2.45, 2.75) is 25.3 Å². The summed E-state index contributed by atoms with van der Waals surface area (Å²) in [4.78, 5) is 13.6. The zero-order valence-electron chi connectivity index (χ0n) is 14.3. The van der Waals surface area contributed by atoms with Crippen molar-refractivity contribution in [3.05, 3.63) is 59.7 Å². The maximum atomic E-state index is 14.4. The summed E-state index contributed by atoms with van der Waals surface area (Å²) in [5.41, 5.74) is 1.64. The van der Waals surface area contributed by atoms with Gasteiger partial charge in [0.05, 0.1) is 0 Å². The highest BCUT2D eigenvalue weighted by Crippen LogP contribution is 2.29. The Hall–Kier alpha value is -2.27. The maximum absolute atomic E-state index is 14.4. The van der Waals surface area contributed by atoms with Gasteiger partial charge in [0.1, 0.15) is 11.6 Å². The average molecular weight is 344 g/mol. The van der Waals surface area contributed by atoms with Gasteiger partial charge in [-0.3, -0.25) is 4.79 Å². The standard InChI is InChI=1S/C20H22F2N2O/c1-24-12-11-23-19(7-4-8-20(24)25)16-13-14(9-10-18(16)22)15-5-2-3-6-17(15)21/h2-3,5-6,9-10,13,19,23H,4,7-8,11-12H2,1H3/t19-/m1/s1. The fraction of sp³-hybridized carbons (Fsp3) is 0.350. The highest BCUT2D eigenvalue weighted by Gasteiger charge is 2.20. The number of carbonyl (C=O) groups is 1. The first kappa shape index (κ1) is 17.5. The molecular formula is C20H22F2N2O. The van der Waals surface area contributed by atoms with Gasteiger partial charge in [-0.1, -0.05) is 24.3 Å². The van der Waals surface area contributed by atoms with Crippen molar-refractivity contribution in [1.82, 2.24) is 10.2 Å². The molecule has 1 amide bonds. The molecule has 3 nitrogen and oxygen atoms in total. The SMILES string of the molecule is CN1CCN[C@@H](c2cc(-c3ccccc3F)ccc2F)CCCC1=O. The smallest absolute Gasteiger partial charge is 0.222 e. The first-order valence-electron chi connectivity index (χ1n) is 8.58. The Bertz CT molecular complexity index is 763. The predicted octanol–water partition coefficient (Wildman–Crippen LogP) is 3.90. The molecule has 2 aromatic carbocycles. The molecule has 1 atom stereocenters. The summed E-state index contributed by atoms with van der Waals surface area (Å²) in [6.45, 7) is 1.18. The number of nitrogens with zero attached hydrogens (tertiary/aromatic N) is 1. The molecule has 1 N–H and O–H groups in total. The van der Waals surface area contributed by atoms with Crippen molar-refractivity contribution < 1.29 is 13.6 Å². The summed E-state index contributed by atoms with van der Waals surface area (Å²) >= 11 is 0. The van der Waals surface area contributed by atoms with Crippen LogP contribution >= 0.6 is 0 Å². The van der Waals surface area contributed by atoms with Crippen molar-refractivity contribution in [3.63, 3.8) is 0 Å². The fourth-order valence-electron chi connectivity index (χ4n) is 3.22. The van der Waals surface area contributed by atoms with Crippen molar-refractivity contribution in [2.24, 2.45) is 0 Å². The molecule has 0 unspecified atom stereocenters. The van der Waals surface area contributed by atoms with Gasteiger partial charge in [0.2, 0.25) is 5.91 Å². The normalized spacial score (nSPS) is 19.2. The molecule has 25 heavy (non-hydrogen) atoms. The molecular weight excluding hydrogens is 322 g/mol. The van der Waals surface area contributed by atoms with Crippen LogP contribution in [0, 0.1) is 11.6 Å². The Morgan fingerprint density at radius 3 is 2.72 bits per heavy atom. The summed E-state index contributed by atoms with van der Waals surface area (Å²) in [7, 11) is 1.78. The topological polar surface area (TPSA) is 32.3 Å².